The van der Waals surface area contributed by atoms with Crippen molar-refractivity contribution in [3.8, 4) is 0 Å². The maximum Gasteiger partial charge on any atom is 0.163 e. The van der Waals surface area contributed by atoms with Gasteiger partial charge < -0.3 is 0 Å². The van der Waals surface area contributed by atoms with Gasteiger partial charge in [-0.25, -0.2) is 13.2 Å². The maximum absolute atomic E-state index is 13.3. The minimum Gasteiger partial charge on any atom is -0.207 e. The molecule has 1 aliphatic rings. The van der Waals surface area contributed by atoms with E-state index in [1.54, 1.807) is 0 Å². The van der Waals surface area contributed by atoms with Crippen LogP contribution in [-0.2, 0) is 6.42 Å². The average molecular weight is 265 g/mol. The Morgan fingerprint density at radius 1 is 1.21 bits per heavy atom. The molecule has 4 heteroatoms. The van der Waals surface area contributed by atoms with E-state index in [9.17, 15) is 13.2 Å². The Bertz CT molecular complexity index is 376. The smallest absolute Gasteiger partial charge is 0.163 e. The molecule has 1 aromatic carbocycles. The van der Waals surface area contributed by atoms with Crippen LogP contribution in [0.4, 0.5) is 13.2 Å². The molecule has 0 heterocycles. The van der Waals surface area contributed by atoms with Crippen LogP contribution in [0.25, 0.3) is 0 Å². The SMILES string of the molecule is Fc1cc(F)c2c(c1F)C(Br)CCC2. The van der Waals surface area contributed by atoms with Gasteiger partial charge in [-0.1, -0.05) is 15.9 Å². The van der Waals surface area contributed by atoms with Crippen molar-refractivity contribution in [3.05, 3.63) is 34.6 Å². The Morgan fingerprint density at radius 2 is 1.93 bits per heavy atom. The zero-order chi connectivity index (χ0) is 10.3. The molecule has 0 spiro atoms. The van der Waals surface area contributed by atoms with Gasteiger partial charge >= 0.3 is 0 Å². The van der Waals surface area contributed by atoms with Gasteiger partial charge in [-0.15, -0.1) is 0 Å². The molecule has 0 aliphatic heterocycles. The highest BCUT2D eigenvalue weighted by Crippen LogP contribution is 2.39. The molecule has 1 unspecified atom stereocenters. The lowest BCUT2D eigenvalue weighted by Gasteiger charge is -2.22. The van der Waals surface area contributed by atoms with E-state index < -0.39 is 17.5 Å². The zero-order valence-electron chi connectivity index (χ0n) is 7.29. The van der Waals surface area contributed by atoms with Crippen LogP contribution in [0.15, 0.2) is 6.07 Å². The number of halogens is 4. The summed E-state index contributed by atoms with van der Waals surface area (Å²) in [4.78, 5) is -0.267. The average Bonchev–Trinajstić information content (AvgIpc) is 2.14. The lowest BCUT2D eigenvalue weighted by molar-refractivity contribution is 0.466. The Kier molecular flexibility index (Phi) is 2.56. The van der Waals surface area contributed by atoms with Crippen molar-refractivity contribution >= 4 is 15.9 Å². The fourth-order valence-electron chi connectivity index (χ4n) is 1.83. The first kappa shape index (κ1) is 10.0. The molecule has 0 N–H and O–H groups in total. The molecule has 0 fully saturated rings. The summed E-state index contributed by atoms with van der Waals surface area (Å²) in [6.45, 7) is 0. The van der Waals surface area contributed by atoms with Gasteiger partial charge in [0.15, 0.2) is 11.6 Å². The molecule has 0 bridgehead atoms. The fourth-order valence-corrected chi connectivity index (χ4v) is 2.64. The van der Waals surface area contributed by atoms with E-state index in [2.05, 4.69) is 15.9 Å². The van der Waals surface area contributed by atoms with Crippen LogP contribution in [-0.4, -0.2) is 0 Å². The van der Waals surface area contributed by atoms with E-state index in [0.717, 1.165) is 6.42 Å². The van der Waals surface area contributed by atoms with Gasteiger partial charge in [0, 0.05) is 16.5 Å². The Labute approximate surface area is 88.2 Å². The number of hydrogen-bond acceptors (Lipinski definition) is 0. The van der Waals surface area contributed by atoms with E-state index in [-0.39, 0.29) is 10.4 Å². The normalized spacial score (nSPS) is 20.7. The quantitative estimate of drug-likeness (QED) is 0.493. The highest BCUT2D eigenvalue weighted by atomic mass is 79.9. The van der Waals surface area contributed by atoms with Crippen LogP contribution in [0.1, 0.15) is 28.8 Å². The summed E-state index contributed by atoms with van der Waals surface area (Å²) < 4.78 is 39.5. The first-order valence-electron chi connectivity index (χ1n) is 4.41. The number of benzene rings is 1. The van der Waals surface area contributed by atoms with E-state index in [1.807, 2.05) is 0 Å². The fraction of sp³-hybridized carbons (Fsp3) is 0.400. The summed E-state index contributed by atoms with van der Waals surface area (Å²) in [5.74, 6) is -2.65. The summed E-state index contributed by atoms with van der Waals surface area (Å²) in [7, 11) is 0. The highest BCUT2D eigenvalue weighted by Gasteiger charge is 2.26. The summed E-state index contributed by atoms with van der Waals surface area (Å²) >= 11 is 3.23. The van der Waals surface area contributed by atoms with Crippen molar-refractivity contribution in [1.82, 2.24) is 0 Å². The molecule has 0 nitrogen and oxygen atoms in total. The van der Waals surface area contributed by atoms with Crippen molar-refractivity contribution in [2.45, 2.75) is 24.1 Å². The highest BCUT2D eigenvalue weighted by molar-refractivity contribution is 9.09. The molecule has 14 heavy (non-hydrogen) atoms. The van der Waals surface area contributed by atoms with Crippen molar-refractivity contribution in [3.63, 3.8) is 0 Å². The summed E-state index contributed by atoms with van der Waals surface area (Å²) in [5, 5.41) is 0. The molecule has 76 valence electrons. The topological polar surface area (TPSA) is 0 Å². The number of hydrogen-bond donors (Lipinski definition) is 0. The van der Waals surface area contributed by atoms with Crippen LogP contribution >= 0.6 is 15.9 Å². The van der Waals surface area contributed by atoms with Gasteiger partial charge in [0.2, 0.25) is 0 Å². The molecule has 0 saturated heterocycles. The van der Waals surface area contributed by atoms with E-state index in [0.29, 0.717) is 24.5 Å². The third kappa shape index (κ3) is 1.45. The molecule has 0 amide bonds. The van der Waals surface area contributed by atoms with Crippen molar-refractivity contribution < 1.29 is 13.2 Å². The summed E-state index contributed by atoms with van der Waals surface area (Å²) in [6, 6.07) is 0.624. The molecule has 0 aromatic heterocycles. The van der Waals surface area contributed by atoms with E-state index in [1.165, 1.54) is 0 Å². The van der Waals surface area contributed by atoms with Gasteiger partial charge in [0.05, 0.1) is 0 Å². The predicted molar refractivity (Wildman–Crippen MR) is 50.9 cm³/mol. The first-order chi connectivity index (χ1) is 6.61. The first-order valence-corrected chi connectivity index (χ1v) is 5.33. The van der Waals surface area contributed by atoms with Crippen LogP contribution in [0.2, 0.25) is 0 Å². The summed E-state index contributed by atoms with van der Waals surface area (Å²) in [6.07, 6.45) is 2.00. The van der Waals surface area contributed by atoms with Gasteiger partial charge in [-0.05, 0) is 24.8 Å². The third-order valence-corrected chi connectivity index (χ3v) is 3.43. The minimum atomic E-state index is -1.10. The van der Waals surface area contributed by atoms with Crippen LogP contribution in [0, 0.1) is 17.5 Å². The monoisotopic (exact) mass is 264 g/mol. The Morgan fingerprint density at radius 3 is 2.64 bits per heavy atom. The molecule has 0 saturated carbocycles. The second-order valence-corrected chi connectivity index (χ2v) is 4.51. The lowest BCUT2D eigenvalue weighted by atomic mass is 9.90. The van der Waals surface area contributed by atoms with Crippen molar-refractivity contribution in [1.29, 1.82) is 0 Å². The zero-order valence-corrected chi connectivity index (χ0v) is 8.87. The van der Waals surface area contributed by atoms with Crippen molar-refractivity contribution in [2.24, 2.45) is 0 Å². The van der Waals surface area contributed by atoms with Crippen LogP contribution < -0.4 is 0 Å². The van der Waals surface area contributed by atoms with Gasteiger partial charge in [-0.2, -0.15) is 0 Å². The number of rotatable bonds is 0. The molecule has 0 radical (unpaired) electrons. The molecular weight excluding hydrogens is 257 g/mol. The molecule has 1 atom stereocenters. The second-order valence-electron chi connectivity index (χ2n) is 3.41. The summed E-state index contributed by atoms with van der Waals surface area (Å²) in [5.41, 5.74) is 0.478. The maximum atomic E-state index is 13.3. The third-order valence-electron chi connectivity index (χ3n) is 2.51. The predicted octanol–water partition coefficient (Wildman–Crippen LogP) is 3.88. The van der Waals surface area contributed by atoms with Gasteiger partial charge in [0.25, 0.3) is 0 Å². The minimum absolute atomic E-state index is 0.161. The molecule has 1 aromatic rings. The molecule has 2 rings (SSSR count). The molecule has 1 aliphatic carbocycles. The van der Waals surface area contributed by atoms with E-state index >= 15 is 0 Å². The Balaban J connectivity index is 2.67. The second kappa shape index (κ2) is 3.57. The van der Waals surface area contributed by atoms with Crippen LogP contribution in [0.3, 0.4) is 0 Å². The van der Waals surface area contributed by atoms with Gasteiger partial charge in [0.1, 0.15) is 5.82 Å². The molecular formula is C10H8BrF3. The van der Waals surface area contributed by atoms with Gasteiger partial charge in [-0.3, -0.25) is 0 Å². The lowest BCUT2D eigenvalue weighted by Crippen LogP contribution is -2.11. The van der Waals surface area contributed by atoms with E-state index in [4.69, 9.17) is 0 Å². The number of fused-ring (bicyclic) bond motifs is 1. The number of alkyl halides is 1. The Hall–Kier alpha value is -0.510. The standard InChI is InChI=1S/C10H8BrF3/c11-6-3-1-2-5-7(12)4-8(13)10(14)9(5)6/h4,6H,1-3H2. The largest absolute Gasteiger partial charge is 0.207 e. The van der Waals surface area contributed by atoms with Crippen molar-refractivity contribution in [2.75, 3.05) is 0 Å². The van der Waals surface area contributed by atoms with Crippen LogP contribution in [0.5, 0.6) is 0 Å².